The summed E-state index contributed by atoms with van der Waals surface area (Å²) in [6, 6.07) is 26.4. The Morgan fingerprint density at radius 1 is 0.542 bits per heavy atom. The summed E-state index contributed by atoms with van der Waals surface area (Å²) in [6.45, 7) is 0. The Balaban J connectivity index is 2.14. The van der Waals surface area contributed by atoms with Crippen LogP contribution in [-0.4, -0.2) is 4.40 Å². The van der Waals surface area contributed by atoms with Crippen LogP contribution in [-0.2, 0) is 0 Å². The summed E-state index contributed by atoms with van der Waals surface area (Å²) in [5, 5.41) is 7.88. The molecular formula is C22H12BrN. The van der Waals surface area contributed by atoms with Crippen molar-refractivity contribution in [3.63, 3.8) is 0 Å². The van der Waals surface area contributed by atoms with Crippen LogP contribution >= 0.6 is 15.9 Å². The second-order valence-electron chi connectivity index (χ2n) is 6.35. The van der Waals surface area contributed by atoms with E-state index in [1.807, 2.05) is 0 Å². The van der Waals surface area contributed by atoms with E-state index in [0.717, 1.165) is 4.47 Å². The molecule has 0 saturated heterocycles. The standard InChI is InChI=1S/C22H12BrN/c23-18-11-12-20-21-14(6-3-9-17(18)21)16-8-4-7-15-13-5-1-2-10-19(13)24(20)22(15)16/h1-12H. The number of aromatic nitrogens is 1. The average Bonchev–Trinajstić information content (AvgIpc) is 2.97. The van der Waals surface area contributed by atoms with Crippen LogP contribution in [0.3, 0.4) is 0 Å². The van der Waals surface area contributed by atoms with Gasteiger partial charge in [-0.3, -0.25) is 0 Å². The third kappa shape index (κ3) is 1.37. The minimum atomic E-state index is 1.15. The first-order chi connectivity index (χ1) is 11.8. The monoisotopic (exact) mass is 369 g/mol. The summed E-state index contributed by atoms with van der Waals surface area (Å²) in [7, 11) is 0. The van der Waals surface area contributed by atoms with Crippen LogP contribution in [0.4, 0.5) is 0 Å². The Morgan fingerprint density at radius 3 is 2.08 bits per heavy atom. The Bertz CT molecular complexity index is 1410. The minimum Gasteiger partial charge on any atom is -0.308 e. The van der Waals surface area contributed by atoms with Crippen LogP contribution in [0.5, 0.6) is 0 Å². The van der Waals surface area contributed by atoms with Crippen LogP contribution in [0, 0.1) is 0 Å². The number of pyridine rings is 1. The lowest BCUT2D eigenvalue weighted by Crippen LogP contribution is -1.92. The topological polar surface area (TPSA) is 4.41 Å². The molecule has 0 spiro atoms. The third-order valence-electron chi connectivity index (χ3n) is 5.19. The summed E-state index contributed by atoms with van der Waals surface area (Å²) >= 11 is 3.73. The number of fused-ring (bicyclic) bond motifs is 5. The minimum absolute atomic E-state index is 1.15. The molecule has 6 rings (SSSR count). The molecule has 0 amide bonds. The third-order valence-corrected chi connectivity index (χ3v) is 5.88. The molecule has 0 fully saturated rings. The fourth-order valence-corrected chi connectivity index (χ4v) is 4.71. The number of hydrogen-bond acceptors (Lipinski definition) is 0. The molecule has 6 aromatic rings. The zero-order valence-electron chi connectivity index (χ0n) is 12.8. The van der Waals surface area contributed by atoms with Gasteiger partial charge in [-0.15, -0.1) is 0 Å². The van der Waals surface area contributed by atoms with E-state index in [1.165, 1.54) is 48.9 Å². The molecule has 0 aliphatic rings. The van der Waals surface area contributed by atoms with E-state index < -0.39 is 0 Å². The average molecular weight is 370 g/mol. The summed E-state index contributed by atoms with van der Waals surface area (Å²) in [5.74, 6) is 0. The summed E-state index contributed by atoms with van der Waals surface area (Å²) in [5.41, 5.74) is 3.87. The molecule has 112 valence electrons. The fourth-order valence-electron chi connectivity index (χ4n) is 4.25. The summed E-state index contributed by atoms with van der Waals surface area (Å²) in [4.78, 5) is 0. The predicted octanol–water partition coefficient (Wildman–Crippen LogP) is 6.75. The molecule has 0 N–H and O–H groups in total. The summed E-state index contributed by atoms with van der Waals surface area (Å²) < 4.78 is 3.58. The van der Waals surface area contributed by atoms with Crippen molar-refractivity contribution < 1.29 is 0 Å². The number of rotatable bonds is 0. The van der Waals surface area contributed by atoms with E-state index in [2.05, 4.69) is 93.1 Å². The highest BCUT2D eigenvalue weighted by atomic mass is 79.9. The van der Waals surface area contributed by atoms with Crippen molar-refractivity contribution in [2.45, 2.75) is 0 Å². The Kier molecular flexibility index (Phi) is 2.28. The molecular weight excluding hydrogens is 358 g/mol. The van der Waals surface area contributed by atoms with Gasteiger partial charge < -0.3 is 4.40 Å². The summed E-state index contributed by atoms with van der Waals surface area (Å²) in [6.07, 6.45) is 0. The molecule has 0 bridgehead atoms. The first kappa shape index (κ1) is 12.8. The fraction of sp³-hybridized carbons (Fsp3) is 0. The number of benzene rings is 4. The van der Waals surface area contributed by atoms with Gasteiger partial charge in [0, 0.05) is 26.0 Å². The SMILES string of the molecule is Brc1ccc2c3c1cccc3c1cccc3c4ccccc4n2c13. The first-order valence-electron chi connectivity index (χ1n) is 8.09. The quantitative estimate of drug-likeness (QED) is 0.206. The van der Waals surface area contributed by atoms with Crippen molar-refractivity contribution in [1.82, 2.24) is 4.40 Å². The van der Waals surface area contributed by atoms with Crippen molar-refractivity contribution >= 4 is 64.8 Å². The molecule has 2 heteroatoms. The van der Waals surface area contributed by atoms with E-state index in [-0.39, 0.29) is 0 Å². The largest absolute Gasteiger partial charge is 0.308 e. The molecule has 24 heavy (non-hydrogen) atoms. The van der Waals surface area contributed by atoms with Crippen LogP contribution < -0.4 is 0 Å². The van der Waals surface area contributed by atoms with Gasteiger partial charge in [0.05, 0.1) is 16.6 Å². The number of nitrogens with zero attached hydrogens (tertiary/aromatic N) is 1. The van der Waals surface area contributed by atoms with Crippen molar-refractivity contribution in [1.29, 1.82) is 0 Å². The van der Waals surface area contributed by atoms with Crippen LogP contribution in [0.15, 0.2) is 77.3 Å². The molecule has 4 aromatic carbocycles. The van der Waals surface area contributed by atoms with Gasteiger partial charge in [0.25, 0.3) is 0 Å². The lowest BCUT2D eigenvalue weighted by atomic mass is 9.99. The molecule has 0 atom stereocenters. The van der Waals surface area contributed by atoms with Crippen LogP contribution in [0.25, 0.3) is 48.9 Å². The van der Waals surface area contributed by atoms with Gasteiger partial charge in [-0.25, -0.2) is 0 Å². The zero-order valence-corrected chi connectivity index (χ0v) is 14.3. The zero-order chi connectivity index (χ0) is 15.8. The first-order valence-corrected chi connectivity index (χ1v) is 8.88. The maximum Gasteiger partial charge on any atom is 0.0619 e. The number of halogens is 1. The van der Waals surface area contributed by atoms with E-state index in [4.69, 9.17) is 0 Å². The molecule has 1 nitrogen and oxygen atoms in total. The van der Waals surface area contributed by atoms with Gasteiger partial charge in [-0.2, -0.15) is 0 Å². The molecule has 0 aliphatic carbocycles. The maximum absolute atomic E-state index is 3.73. The van der Waals surface area contributed by atoms with Crippen LogP contribution in [0.1, 0.15) is 0 Å². The van der Waals surface area contributed by atoms with Crippen molar-refractivity contribution in [2.75, 3.05) is 0 Å². The molecule has 0 aliphatic heterocycles. The highest BCUT2D eigenvalue weighted by Crippen LogP contribution is 2.41. The highest BCUT2D eigenvalue weighted by Gasteiger charge is 2.17. The number of para-hydroxylation sites is 2. The highest BCUT2D eigenvalue weighted by molar-refractivity contribution is 9.10. The Hall–Kier alpha value is -2.58. The Labute approximate surface area is 146 Å². The normalized spacial score (nSPS) is 12.4. The van der Waals surface area contributed by atoms with Crippen molar-refractivity contribution in [2.24, 2.45) is 0 Å². The van der Waals surface area contributed by atoms with E-state index in [9.17, 15) is 0 Å². The van der Waals surface area contributed by atoms with Gasteiger partial charge >= 0.3 is 0 Å². The molecule has 0 radical (unpaired) electrons. The second-order valence-corrected chi connectivity index (χ2v) is 7.20. The Morgan fingerprint density at radius 2 is 1.21 bits per heavy atom. The maximum atomic E-state index is 3.73. The van der Waals surface area contributed by atoms with Crippen molar-refractivity contribution in [3.05, 3.63) is 77.3 Å². The molecule has 0 saturated carbocycles. The second kappa shape index (κ2) is 4.28. The number of hydrogen-bond donors (Lipinski definition) is 0. The van der Waals surface area contributed by atoms with E-state index in [1.54, 1.807) is 0 Å². The lowest BCUT2D eigenvalue weighted by molar-refractivity contribution is 1.35. The van der Waals surface area contributed by atoms with Gasteiger partial charge in [0.15, 0.2) is 0 Å². The van der Waals surface area contributed by atoms with Gasteiger partial charge in [-0.1, -0.05) is 70.5 Å². The van der Waals surface area contributed by atoms with Gasteiger partial charge in [0.1, 0.15) is 0 Å². The smallest absolute Gasteiger partial charge is 0.0619 e. The van der Waals surface area contributed by atoms with Crippen molar-refractivity contribution in [3.8, 4) is 0 Å². The molecule has 0 unspecified atom stereocenters. The molecule has 2 heterocycles. The molecule has 2 aromatic heterocycles. The van der Waals surface area contributed by atoms with Gasteiger partial charge in [0.2, 0.25) is 0 Å². The van der Waals surface area contributed by atoms with E-state index >= 15 is 0 Å². The lowest BCUT2D eigenvalue weighted by Gasteiger charge is -2.13. The van der Waals surface area contributed by atoms with Crippen LogP contribution in [0.2, 0.25) is 0 Å². The van der Waals surface area contributed by atoms with E-state index in [0.29, 0.717) is 0 Å². The van der Waals surface area contributed by atoms with Gasteiger partial charge in [-0.05, 0) is 29.0 Å². The predicted molar refractivity (Wildman–Crippen MR) is 106 cm³/mol.